The number of nitrogens with zero attached hydrogens (tertiary/aromatic N) is 5. The molecule has 38 heavy (non-hydrogen) atoms. The highest BCUT2D eigenvalue weighted by molar-refractivity contribution is 5.96. The van der Waals surface area contributed by atoms with E-state index in [1.165, 1.54) is 4.90 Å². The Balaban J connectivity index is 1.07. The highest BCUT2D eigenvalue weighted by atomic mass is 16.6. The van der Waals surface area contributed by atoms with Gasteiger partial charge in [0.1, 0.15) is 18.7 Å². The molecule has 11 heteroatoms. The van der Waals surface area contributed by atoms with Gasteiger partial charge in [-0.3, -0.25) is 14.7 Å². The summed E-state index contributed by atoms with van der Waals surface area (Å²) in [5.41, 5.74) is 3.20. The van der Waals surface area contributed by atoms with E-state index in [0.29, 0.717) is 55.3 Å². The summed E-state index contributed by atoms with van der Waals surface area (Å²) in [5.74, 6) is 1.94. The Kier molecular flexibility index (Phi) is 5.38. The number of benzene rings is 1. The Bertz CT molecular complexity index is 1430. The molecule has 4 aliphatic rings. The van der Waals surface area contributed by atoms with Crippen LogP contribution in [0.3, 0.4) is 0 Å². The lowest BCUT2D eigenvalue weighted by Crippen LogP contribution is -2.42. The first kappa shape index (κ1) is 22.9. The summed E-state index contributed by atoms with van der Waals surface area (Å²) in [6.45, 7) is 3.19. The van der Waals surface area contributed by atoms with E-state index in [1.807, 2.05) is 17.0 Å². The zero-order valence-corrected chi connectivity index (χ0v) is 20.9. The zero-order chi connectivity index (χ0) is 25.8. The minimum Gasteiger partial charge on any atom is -0.486 e. The number of fused-ring (bicyclic) bond motifs is 3. The summed E-state index contributed by atoms with van der Waals surface area (Å²) in [6, 6.07) is 11.2. The molecule has 6 heterocycles. The van der Waals surface area contributed by atoms with E-state index in [1.54, 1.807) is 37.6 Å². The van der Waals surface area contributed by atoms with Gasteiger partial charge in [-0.2, -0.15) is 0 Å². The van der Waals surface area contributed by atoms with Gasteiger partial charge in [0.05, 0.1) is 36.6 Å². The van der Waals surface area contributed by atoms with Crippen LogP contribution >= 0.6 is 0 Å². The summed E-state index contributed by atoms with van der Waals surface area (Å²) < 4.78 is 22.1. The lowest BCUT2D eigenvalue weighted by molar-refractivity contribution is -0.137. The highest BCUT2D eigenvalue weighted by Crippen LogP contribution is 2.39. The van der Waals surface area contributed by atoms with Crippen molar-refractivity contribution in [1.82, 2.24) is 14.9 Å². The normalized spacial score (nSPS) is 24.1. The maximum absolute atomic E-state index is 13.5. The first-order chi connectivity index (χ1) is 18.6. The van der Waals surface area contributed by atoms with Crippen molar-refractivity contribution in [3.8, 4) is 17.4 Å². The number of cyclic esters (lactones) is 1. The van der Waals surface area contributed by atoms with E-state index in [4.69, 9.17) is 18.9 Å². The molecule has 0 bridgehead atoms. The number of hydrogen-bond acceptors (Lipinski definition) is 9. The van der Waals surface area contributed by atoms with Crippen molar-refractivity contribution in [2.24, 2.45) is 5.92 Å². The van der Waals surface area contributed by atoms with Gasteiger partial charge < -0.3 is 28.7 Å². The molecule has 2 amide bonds. The number of anilines is 2. The molecule has 196 valence electrons. The monoisotopic (exact) mass is 517 g/mol. The van der Waals surface area contributed by atoms with Gasteiger partial charge in [-0.1, -0.05) is 0 Å². The van der Waals surface area contributed by atoms with Crippen LogP contribution in [0.25, 0.3) is 11.0 Å². The number of rotatable bonds is 4. The van der Waals surface area contributed by atoms with E-state index in [2.05, 4.69) is 14.9 Å². The van der Waals surface area contributed by atoms with Gasteiger partial charge in [0, 0.05) is 43.9 Å². The predicted molar refractivity (Wildman–Crippen MR) is 137 cm³/mol. The van der Waals surface area contributed by atoms with Crippen LogP contribution < -0.4 is 24.0 Å². The van der Waals surface area contributed by atoms with Gasteiger partial charge in [0.2, 0.25) is 5.88 Å². The molecular weight excluding hydrogens is 490 g/mol. The van der Waals surface area contributed by atoms with E-state index in [-0.39, 0.29) is 18.5 Å². The number of likely N-dealkylation sites (tertiary alicyclic amines) is 1. The van der Waals surface area contributed by atoms with E-state index in [9.17, 15) is 9.59 Å². The van der Waals surface area contributed by atoms with Crippen LogP contribution in [0.15, 0.2) is 42.6 Å². The van der Waals surface area contributed by atoms with Crippen molar-refractivity contribution >= 4 is 34.4 Å². The molecule has 2 aromatic heterocycles. The summed E-state index contributed by atoms with van der Waals surface area (Å²) >= 11 is 0. The maximum atomic E-state index is 13.5. The summed E-state index contributed by atoms with van der Waals surface area (Å²) in [4.78, 5) is 41.0. The Hall–Kier alpha value is -4.28. The van der Waals surface area contributed by atoms with Crippen LogP contribution in [-0.4, -0.2) is 85.5 Å². The van der Waals surface area contributed by atoms with Crippen LogP contribution in [-0.2, 0) is 9.53 Å². The Labute approximate surface area is 218 Å². The fourth-order valence-electron chi connectivity index (χ4n) is 5.99. The fraction of sp³-hybridized carbons (Fsp3) is 0.407. The van der Waals surface area contributed by atoms with Gasteiger partial charge in [-0.15, -0.1) is 0 Å². The predicted octanol–water partition coefficient (Wildman–Crippen LogP) is 2.47. The molecule has 3 atom stereocenters. The van der Waals surface area contributed by atoms with Crippen molar-refractivity contribution in [2.45, 2.75) is 18.6 Å². The van der Waals surface area contributed by atoms with Crippen molar-refractivity contribution < 1.29 is 28.5 Å². The summed E-state index contributed by atoms with van der Waals surface area (Å²) in [5, 5.41) is 0. The minimum absolute atomic E-state index is 0.156. The third-order valence-electron chi connectivity index (χ3n) is 7.84. The Morgan fingerprint density at radius 3 is 2.79 bits per heavy atom. The molecule has 4 aliphatic heterocycles. The van der Waals surface area contributed by atoms with Crippen LogP contribution in [0, 0.1) is 5.92 Å². The molecule has 0 saturated carbocycles. The Morgan fingerprint density at radius 2 is 1.92 bits per heavy atom. The molecule has 0 radical (unpaired) electrons. The molecular formula is C27H27N5O6. The summed E-state index contributed by atoms with van der Waals surface area (Å²) in [7, 11) is 1.60. The van der Waals surface area contributed by atoms with Crippen molar-refractivity contribution in [3.63, 3.8) is 0 Å². The maximum Gasteiger partial charge on any atom is 0.415 e. The van der Waals surface area contributed by atoms with Crippen LogP contribution in [0.4, 0.5) is 16.2 Å². The van der Waals surface area contributed by atoms with Crippen molar-refractivity contribution in [1.29, 1.82) is 0 Å². The van der Waals surface area contributed by atoms with Gasteiger partial charge in [0.25, 0.3) is 5.91 Å². The third kappa shape index (κ3) is 3.72. The van der Waals surface area contributed by atoms with Crippen LogP contribution in [0.1, 0.15) is 6.42 Å². The molecule has 3 saturated heterocycles. The lowest BCUT2D eigenvalue weighted by Gasteiger charge is -2.28. The molecule has 0 spiro atoms. The third-order valence-corrected chi connectivity index (χ3v) is 7.84. The zero-order valence-electron chi connectivity index (χ0n) is 20.9. The van der Waals surface area contributed by atoms with Crippen LogP contribution in [0.2, 0.25) is 0 Å². The number of methoxy groups -OCH3 is 1. The van der Waals surface area contributed by atoms with Crippen molar-refractivity contribution in [3.05, 3.63) is 42.6 Å². The van der Waals surface area contributed by atoms with Gasteiger partial charge in [-0.25, -0.2) is 9.78 Å². The number of hydrogen-bond donors (Lipinski definition) is 0. The van der Waals surface area contributed by atoms with Gasteiger partial charge >= 0.3 is 6.09 Å². The smallest absolute Gasteiger partial charge is 0.415 e. The largest absolute Gasteiger partial charge is 0.486 e. The lowest BCUT2D eigenvalue weighted by atomic mass is 10.0. The molecule has 0 aliphatic carbocycles. The SMILES string of the molecule is COc1ccc2nccc(N3CC[C@@H]4CN(C(=O)C5CN(c6ccc7c(c6)OCCO7)C(=O)O5)C[C@@H]43)c2n1. The van der Waals surface area contributed by atoms with Crippen molar-refractivity contribution in [2.75, 3.05) is 56.3 Å². The number of carbonyl (C=O) groups excluding carboxylic acids is 2. The highest BCUT2D eigenvalue weighted by Gasteiger charge is 2.47. The van der Waals surface area contributed by atoms with E-state index in [0.717, 1.165) is 29.7 Å². The molecule has 0 N–H and O–H groups in total. The average Bonchev–Trinajstić information content (AvgIpc) is 3.66. The molecule has 1 aromatic carbocycles. The second kappa shape index (κ2) is 8.93. The number of ether oxygens (including phenoxy) is 4. The average molecular weight is 518 g/mol. The van der Waals surface area contributed by atoms with Crippen LogP contribution in [0.5, 0.6) is 17.4 Å². The molecule has 1 unspecified atom stereocenters. The standard InChI is InChI=1S/C27H27N5O6/c1-35-24-5-3-18-25(29-24)19(6-8-28-18)31-9-7-16-13-30(14-20(16)31)26(33)23-15-32(27(34)38-23)17-2-4-21-22(12-17)37-11-10-36-21/h2-6,8,12,16,20,23H,7,9-11,13-15H2,1H3/t16-,20+,23?/m1/s1. The second-order valence-corrected chi connectivity index (χ2v) is 9.92. The topological polar surface area (TPSA) is 107 Å². The molecule has 7 rings (SSSR count). The van der Waals surface area contributed by atoms with Gasteiger partial charge in [0.15, 0.2) is 17.6 Å². The number of carbonyl (C=O) groups is 2. The number of aromatic nitrogens is 2. The molecule has 3 fully saturated rings. The van der Waals surface area contributed by atoms with Gasteiger partial charge in [-0.05, 0) is 30.7 Å². The first-order valence-electron chi connectivity index (χ1n) is 12.8. The fourth-order valence-corrected chi connectivity index (χ4v) is 5.99. The second-order valence-electron chi connectivity index (χ2n) is 9.92. The van der Waals surface area contributed by atoms with E-state index < -0.39 is 12.2 Å². The summed E-state index contributed by atoms with van der Waals surface area (Å²) in [6.07, 6.45) is 1.37. The minimum atomic E-state index is -0.851. The quantitative estimate of drug-likeness (QED) is 0.516. The first-order valence-corrected chi connectivity index (χ1v) is 12.8. The number of amides is 2. The number of pyridine rings is 2. The molecule has 3 aromatic rings. The Morgan fingerprint density at radius 1 is 1.05 bits per heavy atom. The molecule has 11 nitrogen and oxygen atoms in total. The van der Waals surface area contributed by atoms with E-state index >= 15 is 0 Å².